The average molecular weight is 882 g/mol. The maximum atomic E-state index is 11.3. The van der Waals surface area contributed by atoms with Crippen LogP contribution in [0.4, 0.5) is 11.4 Å². The Labute approximate surface area is 353 Å². The van der Waals surface area contributed by atoms with E-state index in [2.05, 4.69) is 90.4 Å². The summed E-state index contributed by atoms with van der Waals surface area (Å²) < 4.78 is 38.1. The number of phenolic OH excluding ortho intramolecular Hbond substituents is 2. The van der Waals surface area contributed by atoms with E-state index in [0.717, 1.165) is 10.6 Å². The molecule has 0 aromatic heterocycles. The van der Waals surface area contributed by atoms with Crippen LogP contribution in [-0.2, 0) is 36.0 Å². The van der Waals surface area contributed by atoms with Crippen molar-refractivity contribution in [2.24, 2.45) is 30.4 Å². The largest absolute Gasteiger partial charge is 0.506 e. The summed E-state index contributed by atoms with van der Waals surface area (Å²) in [6.07, 6.45) is -0.991. The Morgan fingerprint density at radius 2 is 1.39 bits per heavy atom. The van der Waals surface area contributed by atoms with Crippen LogP contribution in [0.3, 0.4) is 0 Å². The fourth-order valence-corrected chi connectivity index (χ4v) is 5.33. The Bertz CT molecular complexity index is 2710. The molecule has 306 valence electrons. The number of guanidine groups is 2. The van der Waals surface area contributed by atoms with Crippen molar-refractivity contribution in [1.29, 1.82) is 10.5 Å². The van der Waals surface area contributed by atoms with Crippen LogP contribution in [0.1, 0.15) is 13.8 Å². The Kier molecular flexibility index (Phi) is 18.1. The molecule has 2 atom stereocenters. The topological polar surface area (TPSA) is 259 Å². The summed E-state index contributed by atoms with van der Waals surface area (Å²) in [5.41, 5.74) is 0.165. The average Bonchev–Trinajstić information content (AvgIpc) is 3.73. The first kappa shape index (κ1) is 48.2. The van der Waals surface area contributed by atoms with E-state index in [1.165, 1.54) is 34.9 Å². The Morgan fingerprint density at radius 3 is 1.85 bits per heavy atom. The van der Waals surface area contributed by atoms with Crippen molar-refractivity contribution in [2.75, 3.05) is 0 Å². The number of amidine groups is 1. The van der Waals surface area contributed by atoms with E-state index in [1.807, 2.05) is 12.1 Å². The maximum absolute atomic E-state index is 11.3. The third-order valence-electron chi connectivity index (χ3n) is 7.34. The molecule has 2 aliphatic heterocycles. The molecule has 0 fully saturated rings. The summed E-state index contributed by atoms with van der Waals surface area (Å²) >= 11 is 3.39. The van der Waals surface area contributed by atoms with Gasteiger partial charge < -0.3 is 42.9 Å². The number of fused-ring (bicyclic) bond motifs is 2. The van der Waals surface area contributed by atoms with Crippen LogP contribution >= 0.6 is 12.9 Å². The zero-order valence-corrected chi connectivity index (χ0v) is 33.4. The van der Waals surface area contributed by atoms with Gasteiger partial charge in [0.25, 0.3) is 16.1 Å². The van der Waals surface area contributed by atoms with E-state index in [4.69, 9.17) is 33.1 Å². The van der Waals surface area contributed by atoms with Crippen molar-refractivity contribution < 1.29 is 63.1 Å². The predicted molar refractivity (Wildman–Crippen MR) is 212 cm³/mol. The zero-order chi connectivity index (χ0) is 43.2. The van der Waals surface area contributed by atoms with Crippen LogP contribution < -0.4 is 4.89 Å². The molecule has 4 aromatic carbocycles. The molecule has 0 bridgehead atoms. The van der Waals surface area contributed by atoms with Gasteiger partial charge in [0.1, 0.15) is 23.6 Å². The van der Waals surface area contributed by atoms with E-state index in [9.17, 15) is 18.6 Å². The fraction of sp³-hybridized carbons (Fsp3) is 0.111. The monoisotopic (exact) mass is 880 g/mol. The van der Waals surface area contributed by atoms with Crippen LogP contribution in [0, 0.1) is 63.7 Å². The molecule has 0 spiro atoms. The number of nitriles is 2. The Morgan fingerprint density at radius 1 is 0.847 bits per heavy atom. The van der Waals surface area contributed by atoms with Gasteiger partial charge in [0.15, 0.2) is 17.1 Å². The number of hydrogen-bond donors (Lipinski definition) is 4. The number of hydrogen-bond acceptors (Lipinski definition) is 16. The molecule has 20 nitrogen and oxygen atoms in total. The summed E-state index contributed by atoms with van der Waals surface area (Å²) in [4.78, 5) is 18.7. The van der Waals surface area contributed by atoms with E-state index in [-0.39, 0.29) is 67.7 Å². The molecule has 0 radical (unpaired) electrons. The first-order valence-corrected chi connectivity index (χ1v) is 17.7. The molecule has 2 unspecified atom stereocenters. The molecule has 2 aliphatic rings. The molecule has 6 rings (SSSR count). The van der Waals surface area contributed by atoms with Crippen molar-refractivity contribution in [3.05, 3.63) is 111 Å². The molecule has 0 saturated carbocycles. The summed E-state index contributed by atoms with van der Waals surface area (Å²) in [7, 11) is 2.89. The fourth-order valence-electron chi connectivity index (χ4n) is 4.78. The number of benzene rings is 4. The second kappa shape index (κ2) is 22.1. The van der Waals surface area contributed by atoms with Crippen LogP contribution in [0.2, 0.25) is 0 Å². The third-order valence-corrected chi connectivity index (χ3v) is 8.25. The molecule has 2 heterocycles. The number of azo groups is 2. The molecular weight excluding hydrogens is 851 g/mol. The Hall–Kier alpha value is -6.95. The van der Waals surface area contributed by atoms with Crippen LogP contribution in [-0.4, -0.2) is 68.0 Å². The molecule has 0 aliphatic carbocycles. The van der Waals surface area contributed by atoms with Gasteiger partial charge in [-0.2, -0.15) is 37.8 Å². The predicted octanol–water partition coefficient (Wildman–Crippen LogP) is 7.04. The van der Waals surface area contributed by atoms with Gasteiger partial charge in [-0.3, -0.25) is 9.40 Å². The van der Waals surface area contributed by atoms with Gasteiger partial charge in [0, 0.05) is 40.2 Å². The molecule has 0 saturated heterocycles. The van der Waals surface area contributed by atoms with Crippen molar-refractivity contribution in [2.45, 2.75) is 31.0 Å². The summed E-state index contributed by atoms with van der Waals surface area (Å²) in [5, 5.41) is 60.3. The van der Waals surface area contributed by atoms with E-state index < -0.39 is 22.3 Å². The SMILES string of the molecule is [C-]#[N+]C1=NC(N=Nc2c(O)ccc3cc(S(=O)(=O)O)ccc23)=[N+]([CH2-])C1[N+]#[C-].[CH2-]C.[CH2-]C.[CH2-][N+]1=C(N=Nc2c(O)ccc3cc(OOOS)ccc23)N=C(C#N)C1C#N.[Ni]. The second-order valence-corrected chi connectivity index (χ2v) is 12.1. The minimum atomic E-state index is -4.38. The minimum absolute atomic E-state index is 0. The molecule has 0 amide bonds. The molecular formula is C36H30N12NiO8S2-2. The number of nitrogens with zero attached hydrogens (tertiary/aromatic N) is 12. The van der Waals surface area contributed by atoms with Crippen molar-refractivity contribution in [3.63, 3.8) is 0 Å². The van der Waals surface area contributed by atoms with Gasteiger partial charge in [-0.25, -0.2) is 11.6 Å². The number of aliphatic imine (C=N–C) groups is 2. The van der Waals surface area contributed by atoms with Gasteiger partial charge in [0.2, 0.25) is 11.8 Å². The van der Waals surface area contributed by atoms with Crippen LogP contribution in [0.5, 0.6) is 17.2 Å². The minimum Gasteiger partial charge on any atom is -0.506 e. The van der Waals surface area contributed by atoms with Crippen molar-refractivity contribution >= 4 is 79.4 Å². The molecule has 59 heavy (non-hydrogen) atoms. The van der Waals surface area contributed by atoms with Crippen molar-refractivity contribution in [3.8, 4) is 29.4 Å². The zero-order valence-electron chi connectivity index (χ0n) is 30.7. The van der Waals surface area contributed by atoms with Crippen molar-refractivity contribution in [1.82, 2.24) is 0 Å². The first-order chi connectivity index (χ1) is 27.8. The van der Waals surface area contributed by atoms with E-state index in [1.54, 1.807) is 38.1 Å². The van der Waals surface area contributed by atoms with Crippen LogP contribution in [0.25, 0.3) is 31.2 Å². The summed E-state index contributed by atoms with van der Waals surface area (Å²) in [5.74, 6) is -0.198. The standard InChI is InChI=1S/2C16H10N6O4S.2C2H5.Ni/c1-17-14-15(18-2)22(3)16(19-14)21-20-13-11-6-5-10(27(24,25)26)8-9(11)4-7-12(13)23;1-22-13(8-18)12(7-17)19-16(22)21-20-15-11-4-3-10(24-25-26-27)6-9(11)2-5-14(15)23;2*1-2;/h4-8,15,23H,3H2,(H,24,25,26);2-6,13,23,27H,1H2;2*1H2,2H3;/q;;2*-1;. The maximum Gasteiger partial charge on any atom is 0.361 e. The summed E-state index contributed by atoms with van der Waals surface area (Å²) in [6.45, 7) is 24.1. The van der Waals surface area contributed by atoms with Gasteiger partial charge >= 0.3 is 18.0 Å². The van der Waals surface area contributed by atoms with Gasteiger partial charge in [-0.05, 0) is 58.3 Å². The molecule has 3 N–H and O–H groups in total. The van der Waals surface area contributed by atoms with E-state index in [0.29, 0.717) is 27.3 Å². The molecule has 4 aromatic rings. The quantitative estimate of drug-likeness (QED) is 0.0177. The smallest absolute Gasteiger partial charge is 0.361 e. The summed E-state index contributed by atoms with van der Waals surface area (Å²) in [6, 6.07) is 17.2. The Balaban J connectivity index is 0.000000370. The van der Waals surface area contributed by atoms with Crippen LogP contribution in [0.15, 0.2) is 96.0 Å². The normalized spacial score (nSPS) is 15.6. The third kappa shape index (κ3) is 11.1. The molecule has 23 heteroatoms. The number of rotatable bonds is 6. The van der Waals surface area contributed by atoms with Gasteiger partial charge in [0.05, 0.1) is 4.90 Å². The van der Waals surface area contributed by atoms with E-state index >= 15 is 0 Å². The number of aromatic hydroxyl groups is 2. The van der Waals surface area contributed by atoms with Gasteiger partial charge in [-0.15, -0.1) is 18.4 Å². The number of phenols is 2. The number of thiol groups is 1. The second-order valence-electron chi connectivity index (χ2n) is 10.5. The van der Waals surface area contributed by atoms with Gasteiger partial charge in [-0.1, -0.05) is 45.2 Å². The first-order valence-electron chi connectivity index (χ1n) is 15.9.